The van der Waals surface area contributed by atoms with E-state index in [1.54, 1.807) is 12.1 Å². The fourth-order valence-corrected chi connectivity index (χ4v) is 2.85. The maximum absolute atomic E-state index is 14.0. The van der Waals surface area contributed by atoms with E-state index in [9.17, 15) is 4.39 Å². The van der Waals surface area contributed by atoms with Gasteiger partial charge in [-0.05, 0) is 80.6 Å². The minimum absolute atomic E-state index is 0.227. The highest BCUT2D eigenvalue weighted by atomic mass is 19.1. The van der Waals surface area contributed by atoms with Crippen molar-refractivity contribution in [2.75, 3.05) is 26.9 Å². The molecule has 0 aromatic heterocycles. The predicted molar refractivity (Wildman–Crippen MR) is 117 cm³/mol. The summed E-state index contributed by atoms with van der Waals surface area (Å²) in [6.07, 6.45) is 6.93. The topological polar surface area (TPSA) is 49.3 Å². The number of benzene rings is 2. The van der Waals surface area contributed by atoms with Gasteiger partial charge in [0.05, 0.1) is 19.4 Å². The summed E-state index contributed by atoms with van der Waals surface area (Å²) in [5, 5.41) is 3.61. The number of hydrogen-bond donors (Lipinski definition) is 0. The smallest absolute Gasteiger partial charge is 0.165 e. The zero-order valence-electron chi connectivity index (χ0n) is 18.1. The maximum Gasteiger partial charge on any atom is 0.165 e. The molecule has 0 aliphatic heterocycles. The quantitative estimate of drug-likeness (QED) is 0.195. The molecule has 0 aliphatic rings. The Morgan fingerprint density at radius 1 is 0.967 bits per heavy atom. The molecular weight excluding hydrogens is 385 g/mol. The molecule has 0 amide bonds. The van der Waals surface area contributed by atoms with E-state index in [0.717, 1.165) is 35.5 Å². The highest BCUT2D eigenvalue weighted by Crippen LogP contribution is 2.28. The number of unbranched alkanes of at least 4 members (excludes halogenated alkanes) is 1. The number of rotatable bonds is 12. The third-order valence-corrected chi connectivity index (χ3v) is 4.32. The molecular formula is C24H30FNO4. The molecule has 0 radical (unpaired) electrons. The Hall–Kier alpha value is -3.02. The maximum atomic E-state index is 14.0. The summed E-state index contributed by atoms with van der Waals surface area (Å²) in [4.78, 5) is 4.59. The van der Waals surface area contributed by atoms with E-state index < -0.39 is 5.82 Å². The minimum Gasteiger partial charge on any atom is -0.493 e. The largest absolute Gasteiger partial charge is 0.493 e. The third-order valence-electron chi connectivity index (χ3n) is 4.32. The predicted octanol–water partition coefficient (Wildman–Crippen LogP) is 5.62. The van der Waals surface area contributed by atoms with E-state index in [0.29, 0.717) is 25.4 Å². The van der Waals surface area contributed by atoms with Gasteiger partial charge >= 0.3 is 0 Å². The van der Waals surface area contributed by atoms with Crippen LogP contribution in [0.25, 0.3) is 0 Å². The number of allylic oxidation sites excluding steroid dienone is 1. The first-order chi connectivity index (χ1) is 14.5. The van der Waals surface area contributed by atoms with Crippen LogP contribution < -0.4 is 14.2 Å². The lowest BCUT2D eigenvalue weighted by atomic mass is 10.1. The van der Waals surface area contributed by atoms with Gasteiger partial charge in [0.25, 0.3) is 0 Å². The number of ether oxygens (including phenoxy) is 3. The number of halogens is 1. The first-order valence-corrected chi connectivity index (χ1v) is 10.0. The van der Waals surface area contributed by atoms with Crippen LogP contribution in [0.15, 0.2) is 47.6 Å². The summed E-state index contributed by atoms with van der Waals surface area (Å²) in [6.45, 7) is 7.53. The Bertz CT molecular complexity index is 841. The van der Waals surface area contributed by atoms with Crippen LogP contribution in [0, 0.1) is 19.7 Å². The number of nitrogens with zero attached hydrogens (tertiary/aromatic N) is 1. The molecule has 2 rings (SSSR count). The monoisotopic (exact) mass is 415 g/mol. The summed E-state index contributed by atoms with van der Waals surface area (Å²) >= 11 is 0. The van der Waals surface area contributed by atoms with Crippen LogP contribution in [0.3, 0.4) is 0 Å². The third kappa shape index (κ3) is 7.43. The molecule has 0 saturated heterocycles. The van der Waals surface area contributed by atoms with Gasteiger partial charge in [0.1, 0.15) is 25.2 Å². The zero-order valence-corrected chi connectivity index (χ0v) is 18.1. The Morgan fingerprint density at radius 2 is 1.67 bits per heavy atom. The summed E-state index contributed by atoms with van der Waals surface area (Å²) in [5.74, 6) is 1.53. The van der Waals surface area contributed by atoms with E-state index in [-0.39, 0.29) is 5.75 Å². The number of aryl methyl sites for hydroxylation is 2. The fraction of sp³-hybridized carbons (Fsp3) is 0.375. The van der Waals surface area contributed by atoms with Gasteiger partial charge in [-0.25, -0.2) is 4.39 Å². The van der Waals surface area contributed by atoms with E-state index >= 15 is 0 Å². The average molecular weight is 416 g/mol. The Balaban J connectivity index is 1.74. The van der Waals surface area contributed by atoms with E-state index in [1.165, 1.54) is 19.4 Å². The van der Waals surface area contributed by atoms with Crippen LogP contribution in [-0.2, 0) is 4.84 Å². The molecule has 0 aliphatic carbocycles. The zero-order chi connectivity index (χ0) is 21.8. The molecule has 2 aromatic carbocycles. The van der Waals surface area contributed by atoms with E-state index in [4.69, 9.17) is 14.2 Å². The summed E-state index contributed by atoms with van der Waals surface area (Å²) in [7, 11) is 1.44. The van der Waals surface area contributed by atoms with Crippen molar-refractivity contribution in [3.63, 3.8) is 0 Å². The molecule has 2 aromatic rings. The molecule has 162 valence electrons. The highest BCUT2D eigenvalue weighted by molar-refractivity contribution is 5.79. The molecule has 0 fully saturated rings. The molecule has 0 heterocycles. The summed E-state index contributed by atoms with van der Waals surface area (Å²) in [6, 6.07) is 8.65. The van der Waals surface area contributed by atoms with Crippen LogP contribution in [0.2, 0.25) is 0 Å². The van der Waals surface area contributed by atoms with Gasteiger partial charge in [-0.3, -0.25) is 0 Å². The molecule has 0 atom stereocenters. The average Bonchev–Trinajstić information content (AvgIpc) is 2.72. The second kappa shape index (κ2) is 12.5. The SMILES string of the molecule is C/C=C/COc1cc(C)c(OCCCCOc2ccc(C=NOC)cc2F)c(C)c1. The van der Waals surface area contributed by atoms with Crippen LogP contribution in [-0.4, -0.2) is 33.1 Å². The van der Waals surface area contributed by atoms with Gasteiger partial charge < -0.3 is 19.0 Å². The lowest BCUT2D eigenvalue weighted by molar-refractivity contribution is 0.215. The minimum atomic E-state index is -0.422. The van der Waals surface area contributed by atoms with Crippen molar-refractivity contribution in [1.82, 2.24) is 0 Å². The van der Waals surface area contributed by atoms with Gasteiger partial charge in [-0.15, -0.1) is 0 Å². The van der Waals surface area contributed by atoms with Gasteiger partial charge in [0.15, 0.2) is 11.6 Å². The second-order valence-electron chi connectivity index (χ2n) is 6.78. The van der Waals surface area contributed by atoms with Gasteiger partial charge in [-0.2, -0.15) is 0 Å². The Kier molecular flexibility index (Phi) is 9.71. The standard InChI is InChI=1S/C24H30FNO4/c1-5-6-11-28-21-14-18(2)24(19(3)15-21)30-13-8-7-12-29-23-10-9-20(16-22(23)25)17-26-27-4/h5-6,9-10,14-17H,7-8,11-13H2,1-4H3/b6-5+,26-17?. The lowest BCUT2D eigenvalue weighted by Crippen LogP contribution is -2.05. The van der Waals surface area contributed by atoms with Crippen molar-refractivity contribution >= 4 is 6.21 Å². The van der Waals surface area contributed by atoms with E-state index in [2.05, 4.69) is 9.99 Å². The first-order valence-electron chi connectivity index (χ1n) is 10.0. The summed E-state index contributed by atoms with van der Waals surface area (Å²) in [5.41, 5.74) is 2.70. The van der Waals surface area contributed by atoms with Crippen molar-refractivity contribution < 1.29 is 23.4 Å². The van der Waals surface area contributed by atoms with Crippen molar-refractivity contribution in [2.24, 2.45) is 5.16 Å². The number of oxime groups is 1. The van der Waals surface area contributed by atoms with Crippen molar-refractivity contribution in [1.29, 1.82) is 0 Å². The van der Waals surface area contributed by atoms with Gasteiger partial charge in [-0.1, -0.05) is 17.3 Å². The summed E-state index contributed by atoms with van der Waals surface area (Å²) < 4.78 is 31.2. The second-order valence-corrected chi connectivity index (χ2v) is 6.78. The molecule has 0 saturated carbocycles. The molecule has 0 N–H and O–H groups in total. The van der Waals surface area contributed by atoms with Crippen molar-refractivity contribution in [2.45, 2.75) is 33.6 Å². The van der Waals surface area contributed by atoms with Crippen molar-refractivity contribution in [3.8, 4) is 17.2 Å². The van der Waals surface area contributed by atoms with Crippen LogP contribution in [0.5, 0.6) is 17.2 Å². The van der Waals surface area contributed by atoms with Crippen LogP contribution in [0.1, 0.15) is 36.5 Å². The molecule has 30 heavy (non-hydrogen) atoms. The molecule has 0 bridgehead atoms. The lowest BCUT2D eigenvalue weighted by Gasteiger charge is -2.14. The Labute approximate surface area is 178 Å². The number of hydrogen-bond acceptors (Lipinski definition) is 5. The molecule has 0 unspecified atom stereocenters. The molecule has 5 nitrogen and oxygen atoms in total. The first kappa shape index (κ1) is 23.3. The highest BCUT2D eigenvalue weighted by Gasteiger charge is 2.08. The van der Waals surface area contributed by atoms with Crippen molar-refractivity contribution in [3.05, 3.63) is 65.0 Å². The van der Waals surface area contributed by atoms with E-state index in [1.807, 2.05) is 45.1 Å². The molecule has 0 spiro atoms. The Morgan fingerprint density at radius 3 is 2.30 bits per heavy atom. The fourth-order valence-electron chi connectivity index (χ4n) is 2.85. The normalized spacial score (nSPS) is 11.2. The van der Waals surface area contributed by atoms with Gasteiger partial charge in [0.2, 0.25) is 0 Å². The molecule has 6 heteroatoms. The van der Waals surface area contributed by atoms with Gasteiger partial charge in [0, 0.05) is 0 Å². The van der Waals surface area contributed by atoms with Crippen LogP contribution >= 0.6 is 0 Å². The van der Waals surface area contributed by atoms with Crippen LogP contribution in [0.4, 0.5) is 4.39 Å².